The minimum absolute atomic E-state index is 0.256. The van der Waals surface area contributed by atoms with Crippen molar-refractivity contribution in [3.63, 3.8) is 0 Å². The van der Waals surface area contributed by atoms with E-state index in [1.54, 1.807) is 19.1 Å². The van der Waals surface area contributed by atoms with Gasteiger partial charge in [-0.1, -0.05) is 0 Å². The van der Waals surface area contributed by atoms with Gasteiger partial charge in [-0.25, -0.2) is 9.78 Å². The lowest BCUT2D eigenvalue weighted by Gasteiger charge is -2.13. The molecular weight excluding hydrogens is 474 g/mol. The molecule has 2 amide bonds. The van der Waals surface area contributed by atoms with Crippen LogP contribution in [0.1, 0.15) is 46.1 Å². The first-order valence-corrected chi connectivity index (χ1v) is 12.6. The fraction of sp³-hybridized carbons (Fsp3) is 0.333. The molecule has 0 saturated heterocycles. The number of carbonyl (C=O) groups is 3. The molecule has 1 aromatic carbocycles. The molecule has 3 aromatic rings. The molecule has 2 N–H and O–H groups in total. The lowest BCUT2D eigenvalue weighted by molar-refractivity contribution is -0.118. The van der Waals surface area contributed by atoms with Crippen LogP contribution < -0.4 is 15.4 Å². The third kappa shape index (κ3) is 5.28. The van der Waals surface area contributed by atoms with E-state index < -0.39 is 11.9 Å². The molecule has 10 heteroatoms. The Balaban J connectivity index is 1.49. The van der Waals surface area contributed by atoms with Gasteiger partial charge in [-0.15, -0.1) is 22.7 Å². The molecule has 0 aliphatic heterocycles. The van der Waals surface area contributed by atoms with Crippen LogP contribution >= 0.6 is 22.7 Å². The summed E-state index contributed by atoms with van der Waals surface area (Å²) in [5.41, 5.74) is 3.51. The van der Waals surface area contributed by atoms with E-state index >= 15 is 0 Å². The summed E-state index contributed by atoms with van der Waals surface area (Å²) in [6, 6.07) is 5.30. The topological polar surface area (TPSA) is 107 Å². The second-order valence-corrected chi connectivity index (χ2v) is 9.93. The molecule has 34 heavy (non-hydrogen) atoms. The number of ether oxygens (including phenoxy) is 2. The maximum Gasteiger partial charge on any atom is 0.341 e. The van der Waals surface area contributed by atoms with E-state index in [1.165, 1.54) is 29.6 Å². The molecule has 1 aliphatic rings. The van der Waals surface area contributed by atoms with E-state index in [2.05, 4.69) is 15.6 Å². The van der Waals surface area contributed by atoms with Crippen LogP contribution in [-0.2, 0) is 27.2 Å². The van der Waals surface area contributed by atoms with Gasteiger partial charge in [0.15, 0.2) is 6.61 Å². The number of fused-ring (bicyclic) bond motifs is 1. The summed E-state index contributed by atoms with van der Waals surface area (Å²) in [4.78, 5) is 42.5. The largest absolute Gasteiger partial charge is 0.482 e. The summed E-state index contributed by atoms with van der Waals surface area (Å²) in [6.45, 7) is 5.07. The minimum atomic E-state index is -0.418. The molecule has 0 unspecified atom stereocenters. The van der Waals surface area contributed by atoms with Crippen LogP contribution in [0.25, 0.3) is 11.3 Å². The van der Waals surface area contributed by atoms with Crippen LogP contribution in [0.15, 0.2) is 23.6 Å². The second-order valence-electron chi connectivity index (χ2n) is 7.76. The van der Waals surface area contributed by atoms with Gasteiger partial charge < -0.3 is 20.1 Å². The van der Waals surface area contributed by atoms with Gasteiger partial charge in [0.05, 0.1) is 28.6 Å². The predicted octanol–water partition coefficient (Wildman–Crippen LogP) is 4.82. The SMILES string of the molecule is CCOC(=O)c1c(NC(=O)COc2ccc(-c3csc(C)n3)cc2NC(C)=O)sc2c1CCC2. The third-order valence-electron chi connectivity index (χ3n) is 5.22. The maximum atomic E-state index is 12.7. The number of hydrogen-bond donors (Lipinski definition) is 2. The summed E-state index contributed by atoms with van der Waals surface area (Å²) in [6.07, 6.45) is 2.69. The summed E-state index contributed by atoms with van der Waals surface area (Å²) in [7, 11) is 0. The Hall–Kier alpha value is -3.24. The number of amides is 2. The number of aromatic nitrogens is 1. The number of aryl methyl sites for hydroxylation is 2. The Morgan fingerprint density at radius 3 is 2.71 bits per heavy atom. The zero-order valence-electron chi connectivity index (χ0n) is 19.1. The van der Waals surface area contributed by atoms with Gasteiger partial charge in [-0.2, -0.15) is 0 Å². The Morgan fingerprint density at radius 1 is 1.18 bits per heavy atom. The van der Waals surface area contributed by atoms with Crippen molar-refractivity contribution in [3.8, 4) is 17.0 Å². The molecule has 2 heterocycles. The highest BCUT2D eigenvalue weighted by Crippen LogP contribution is 2.39. The second kappa shape index (κ2) is 10.4. The number of thiazole rings is 1. The van der Waals surface area contributed by atoms with E-state index in [0.29, 0.717) is 22.0 Å². The average Bonchev–Trinajstić information content (AvgIpc) is 3.48. The highest BCUT2D eigenvalue weighted by molar-refractivity contribution is 7.17. The Morgan fingerprint density at radius 2 is 2.00 bits per heavy atom. The first-order chi connectivity index (χ1) is 16.4. The first kappa shape index (κ1) is 23.9. The van der Waals surface area contributed by atoms with Gasteiger partial charge in [-0.05, 0) is 56.9 Å². The van der Waals surface area contributed by atoms with E-state index in [-0.39, 0.29) is 19.1 Å². The van der Waals surface area contributed by atoms with E-state index in [4.69, 9.17) is 9.47 Å². The fourth-order valence-corrected chi connectivity index (χ4v) is 5.73. The fourth-order valence-electron chi connectivity index (χ4n) is 3.82. The Labute approximate surface area is 205 Å². The minimum Gasteiger partial charge on any atom is -0.482 e. The van der Waals surface area contributed by atoms with E-state index in [9.17, 15) is 14.4 Å². The Kier molecular flexibility index (Phi) is 7.28. The van der Waals surface area contributed by atoms with Gasteiger partial charge in [0.1, 0.15) is 10.8 Å². The van der Waals surface area contributed by atoms with Crippen molar-refractivity contribution in [2.75, 3.05) is 23.8 Å². The van der Waals surface area contributed by atoms with Crippen molar-refractivity contribution in [1.82, 2.24) is 4.98 Å². The highest BCUT2D eigenvalue weighted by atomic mass is 32.1. The molecule has 4 rings (SSSR count). The quantitative estimate of drug-likeness (QED) is 0.430. The number of hydrogen-bond acceptors (Lipinski definition) is 8. The van der Waals surface area contributed by atoms with Crippen molar-refractivity contribution in [3.05, 3.63) is 44.6 Å². The van der Waals surface area contributed by atoms with Crippen molar-refractivity contribution in [2.24, 2.45) is 0 Å². The average molecular weight is 500 g/mol. The molecule has 2 aromatic heterocycles. The molecule has 0 radical (unpaired) electrons. The molecule has 0 saturated carbocycles. The van der Waals surface area contributed by atoms with E-state index in [0.717, 1.165) is 46.0 Å². The first-order valence-electron chi connectivity index (χ1n) is 10.9. The number of benzene rings is 1. The van der Waals surface area contributed by atoms with Crippen molar-refractivity contribution < 1.29 is 23.9 Å². The van der Waals surface area contributed by atoms with Crippen molar-refractivity contribution >= 4 is 51.1 Å². The smallest absolute Gasteiger partial charge is 0.341 e. The monoisotopic (exact) mass is 499 g/mol. The molecular formula is C24H25N3O5S2. The van der Waals surface area contributed by atoms with Crippen molar-refractivity contribution in [2.45, 2.75) is 40.0 Å². The lowest BCUT2D eigenvalue weighted by Crippen LogP contribution is -2.22. The van der Waals surface area contributed by atoms with Crippen LogP contribution in [0.4, 0.5) is 10.7 Å². The van der Waals surface area contributed by atoms with Crippen LogP contribution in [0, 0.1) is 6.92 Å². The summed E-state index contributed by atoms with van der Waals surface area (Å²) in [5, 5.41) is 8.93. The number of esters is 1. The summed E-state index contributed by atoms with van der Waals surface area (Å²) < 4.78 is 10.9. The molecule has 0 spiro atoms. The molecule has 0 atom stereocenters. The van der Waals surface area contributed by atoms with E-state index in [1.807, 2.05) is 18.4 Å². The van der Waals surface area contributed by atoms with Crippen LogP contribution in [-0.4, -0.2) is 36.0 Å². The highest BCUT2D eigenvalue weighted by Gasteiger charge is 2.28. The summed E-state index contributed by atoms with van der Waals surface area (Å²) in [5.74, 6) is -0.717. The molecule has 1 aliphatic carbocycles. The van der Waals surface area contributed by atoms with Crippen LogP contribution in [0.5, 0.6) is 5.75 Å². The normalized spacial score (nSPS) is 12.2. The molecule has 0 bridgehead atoms. The van der Waals surface area contributed by atoms with Crippen LogP contribution in [0.3, 0.4) is 0 Å². The number of nitrogens with zero attached hydrogens (tertiary/aromatic N) is 1. The van der Waals surface area contributed by atoms with Gasteiger partial charge in [0.25, 0.3) is 5.91 Å². The number of rotatable bonds is 8. The van der Waals surface area contributed by atoms with Gasteiger partial charge in [-0.3, -0.25) is 9.59 Å². The lowest BCUT2D eigenvalue weighted by atomic mass is 10.1. The maximum absolute atomic E-state index is 12.7. The zero-order valence-corrected chi connectivity index (χ0v) is 20.8. The standard InChI is InChI=1S/C24H25N3O5S2/c1-4-31-24(30)22-16-6-5-7-20(16)34-23(22)27-21(29)11-32-19-9-8-15(10-17(19)25-13(2)28)18-12-33-14(3)26-18/h8-10,12H,4-7,11H2,1-3H3,(H,25,28)(H,27,29). The van der Waals surface area contributed by atoms with Gasteiger partial charge in [0.2, 0.25) is 5.91 Å². The predicted molar refractivity (Wildman–Crippen MR) is 133 cm³/mol. The summed E-state index contributed by atoms with van der Waals surface area (Å²) >= 11 is 2.95. The third-order valence-corrected chi connectivity index (χ3v) is 7.20. The Bertz CT molecular complexity index is 1250. The van der Waals surface area contributed by atoms with Crippen LogP contribution in [0.2, 0.25) is 0 Å². The van der Waals surface area contributed by atoms with Gasteiger partial charge >= 0.3 is 5.97 Å². The zero-order chi connectivity index (χ0) is 24.2. The molecule has 8 nitrogen and oxygen atoms in total. The number of anilines is 2. The number of nitrogens with one attached hydrogen (secondary N) is 2. The van der Waals surface area contributed by atoms with Gasteiger partial charge in [0, 0.05) is 22.7 Å². The number of carbonyl (C=O) groups excluding carboxylic acids is 3. The van der Waals surface area contributed by atoms with Crippen molar-refractivity contribution in [1.29, 1.82) is 0 Å². The number of thiophene rings is 1. The molecule has 178 valence electrons. The molecule has 0 fully saturated rings.